The molecule has 24 heavy (non-hydrogen) atoms. The van der Waals surface area contributed by atoms with Crippen molar-refractivity contribution in [2.75, 3.05) is 13.1 Å². The maximum absolute atomic E-state index is 12.7. The molecule has 0 unspecified atom stereocenters. The van der Waals surface area contributed by atoms with Crippen molar-refractivity contribution < 1.29 is 9.90 Å². The number of hydrogen-bond acceptors (Lipinski definition) is 2. The summed E-state index contributed by atoms with van der Waals surface area (Å²) in [6.45, 7) is 5.11. The Balaban J connectivity index is 1.69. The van der Waals surface area contributed by atoms with E-state index in [1.165, 1.54) is 0 Å². The van der Waals surface area contributed by atoms with E-state index in [1.54, 1.807) is 12.1 Å². The Morgan fingerprint density at radius 1 is 1.25 bits per heavy atom. The van der Waals surface area contributed by atoms with Gasteiger partial charge in [0, 0.05) is 24.0 Å². The van der Waals surface area contributed by atoms with Crippen LogP contribution in [0.2, 0.25) is 10.0 Å². The fraction of sp³-hybridized carbons (Fsp3) is 0.500. The summed E-state index contributed by atoms with van der Waals surface area (Å²) in [5, 5.41) is 11.8. The number of carbonyl (C=O) groups is 1. The van der Waals surface area contributed by atoms with Crippen LogP contribution in [0.5, 0.6) is 0 Å². The van der Waals surface area contributed by atoms with Crippen LogP contribution in [0, 0.1) is 5.92 Å². The molecule has 0 bridgehead atoms. The highest BCUT2D eigenvalue weighted by Crippen LogP contribution is 2.30. The lowest BCUT2D eigenvalue weighted by atomic mass is 9.86. The molecule has 0 radical (unpaired) electrons. The first kappa shape index (κ1) is 17.6. The Bertz CT molecular complexity index is 717. The second kappa shape index (κ2) is 6.58. The third-order valence-corrected chi connectivity index (χ3v) is 5.30. The minimum absolute atomic E-state index is 0.000142. The number of carbonyl (C=O) groups excluding carboxylic acids is 1. The third kappa shape index (κ3) is 3.88. The van der Waals surface area contributed by atoms with Crippen LogP contribution in [0.1, 0.15) is 43.6 Å². The summed E-state index contributed by atoms with van der Waals surface area (Å²) in [4.78, 5) is 17.7. The molecule has 0 saturated carbocycles. The zero-order chi connectivity index (χ0) is 17.5. The van der Waals surface area contributed by atoms with Crippen LogP contribution in [-0.2, 0) is 0 Å². The number of benzene rings is 1. The first-order chi connectivity index (χ1) is 11.2. The summed E-state index contributed by atoms with van der Waals surface area (Å²) in [5.41, 5.74) is 0.723. The van der Waals surface area contributed by atoms with E-state index >= 15 is 0 Å². The maximum atomic E-state index is 12.7. The van der Waals surface area contributed by atoms with Gasteiger partial charge in [0.25, 0.3) is 5.91 Å². The number of aromatic nitrogens is 1. The quantitative estimate of drug-likeness (QED) is 0.838. The number of aliphatic hydroxyl groups is 1. The molecule has 1 saturated heterocycles. The molecule has 1 amide bonds. The average Bonchev–Trinajstić information content (AvgIpc) is 2.89. The minimum Gasteiger partial charge on any atom is -0.390 e. The molecule has 2 heterocycles. The summed E-state index contributed by atoms with van der Waals surface area (Å²) in [6, 6.07) is 5.33. The molecule has 1 aliphatic rings. The molecule has 3 rings (SSSR count). The Kier molecular flexibility index (Phi) is 4.82. The van der Waals surface area contributed by atoms with Crippen LogP contribution in [-0.4, -0.2) is 39.6 Å². The van der Waals surface area contributed by atoms with E-state index in [0.29, 0.717) is 21.7 Å². The zero-order valence-corrected chi connectivity index (χ0v) is 15.4. The molecule has 4 nitrogen and oxygen atoms in total. The Morgan fingerprint density at radius 3 is 2.50 bits per heavy atom. The standard InChI is InChI=1S/C18H22Cl2N2O2/c1-18(2,24)10-11-3-5-22(6-4-11)17(23)16-8-12-7-13(19)14(20)9-15(12)21-16/h7-9,11,21,24H,3-6,10H2,1-2H3. The number of nitrogens with one attached hydrogen (secondary N) is 1. The molecule has 6 heteroatoms. The van der Waals surface area contributed by atoms with E-state index in [9.17, 15) is 9.90 Å². The second-order valence-corrected chi connectivity index (χ2v) is 8.10. The molecule has 1 aromatic heterocycles. The molecule has 1 aliphatic heterocycles. The van der Waals surface area contributed by atoms with Crippen molar-refractivity contribution >= 4 is 40.0 Å². The number of H-pyrrole nitrogens is 1. The molecular formula is C18H22Cl2N2O2. The summed E-state index contributed by atoms with van der Waals surface area (Å²) in [6.07, 6.45) is 2.62. The predicted molar refractivity (Wildman–Crippen MR) is 97.9 cm³/mol. The first-order valence-corrected chi connectivity index (χ1v) is 8.98. The van der Waals surface area contributed by atoms with Gasteiger partial charge in [-0.2, -0.15) is 0 Å². The number of nitrogens with zero attached hydrogens (tertiary/aromatic N) is 1. The fourth-order valence-electron chi connectivity index (χ4n) is 3.46. The van der Waals surface area contributed by atoms with Crippen LogP contribution in [0.3, 0.4) is 0 Å². The number of piperidine rings is 1. The molecule has 130 valence electrons. The summed E-state index contributed by atoms with van der Waals surface area (Å²) in [5.74, 6) is 0.467. The molecule has 1 aromatic carbocycles. The Morgan fingerprint density at radius 2 is 1.88 bits per heavy atom. The second-order valence-electron chi connectivity index (χ2n) is 7.29. The molecule has 2 aromatic rings. The van der Waals surface area contributed by atoms with E-state index in [1.807, 2.05) is 24.8 Å². The van der Waals surface area contributed by atoms with Crippen molar-refractivity contribution in [1.29, 1.82) is 0 Å². The van der Waals surface area contributed by atoms with Crippen LogP contribution in [0.15, 0.2) is 18.2 Å². The van der Waals surface area contributed by atoms with E-state index < -0.39 is 5.60 Å². The van der Waals surface area contributed by atoms with Gasteiger partial charge in [-0.1, -0.05) is 23.2 Å². The van der Waals surface area contributed by atoms with E-state index in [4.69, 9.17) is 23.2 Å². The van der Waals surface area contributed by atoms with E-state index in [2.05, 4.69) is 4.98 Å². The van der Waals surface area contributed by atoms with Gasteiger partial charge < -0.3 is 15.0 Å². The molecule has 1 fully saturated rings. The van der Waals surface area contributed by atoms with Crippen molar-refractivity contribution in [2.24, 2.45) is 5.92 Å². The van der Waals surface area contributed by atoms with Gasteiger partial charge in [0.1, 0.15) is 5.69 Å². The fourth-order valence-corrected chi connectivity index (χ4v) is 3.79. The van der Waals surface area contributed by atoms with Gasteiger partial charge >= 0.3 is 0 Å². The molecule has 2 N–H and O–H groups in total. The van der Waals surface area contributed by atoms with Crippen molar-refractivity contribution in [3.8, 4) is 0 Å². The number of halogens is 2. The van der Waals surface area contributed by atoms with Gasteiger partial charge in [-0.25, -0.2) is 0 Å². The number of fused-ring (bicyclic) bond motifs is 1. The summed E-state index contributed by atoms with van der Waals surface area (Å²) >= 11 is 12.1. The first-order valence-electron chi connectivity index (χ1n) is 8.22. The van der Waals surface area contributed by atoms with E-state index in [0.717, 1.165) is 43.3 Å². The summed E-state index contributed by atoms with van der Waals surface area (Å²) < 4.78 is 0. The van der Waals surface area contributed by atoms with Gasteiger partial charge in [0.15, 0.2) is 0 Å². The predicted octanol–water partition coefficient (Wildman–Crippen LogP) is 4.49. The van der Waals surface area contributed by atoms with Crippen molar-refractivity contribution in [3.05, 3.63) is 33.9 Å². The smallest absolute Gasteiger partial charge is 0.270 e. The molecular weight excluding hydrogens is 347 g/mol. The van der Waals surface area contributed by atoms with Crippen LogP contribution >= 0.6 is 23.2 Å². The molecule has 0 spiro atoms. The minimum atomic E-state index is -0.646. The third-order valence-electron chi connectivity index (χ3n) is 4.58. The van der Waals surface area contributed by atoms with Crippen molar-refractivity contribution in [3.63, 3.8) is 0 Å². The monoisotopic (exact) mass is 368 g/mol. The van der Waals surface area contributed by atoms with Crippen LogP contribution < -0.4 is 0 Å². The van der Waals surface area contributed by atoms with Gasteiger partial charge in [0.05, 0.1) is 15.6 Å². The number of hydrogen-bond donors (Lipinski definition) is 2. The highest BCUT2D eigenvalue weighted by molar-refractivity contribution is 6.42. The molecule has 0 atom stereocenters. The topological polar surface area (TPSA) is 56.3 Å². The van der Waals surface area contributed by atoms with Gasteiger partial charge in [-0.3, -0.25) is 4.79 Å². The zero-order valence-electron chi connectivity index (χ0n) is 13.9. The van der Waals surface area contributed by atoms with Gasteiger partial charge in [-0.05, 0) is 57.2 Å². The lowest BCUT2D eigenvalue weighted by Gasteiger charge is -2.34. The molecule has 0 aliphatic carbocycles. The van der Waals surface area contributed by atoms with E-state index in [-0.39, 0.29) is 5.91 Å². The maximum Gasteiger partial charge on any atom is 0.270 e. The number of amides is 1. The van der Waals surface area contributed by atoms with Gasteiger partial charge in [0.2, 0.25) is 0 Å². The largest absolute Gasteiger partial charge is 0.390 e. The normalized spacial score (nSPS) is 16.8. The highest BCUT2D eigenvalue weighted by Gasteiger charge is 2.28. The summed E-state index contributed by atoms with van der Waals surface area (Å²) in [7, 11) is 0. The van der Waals surface area contributed by atoms with Crippen molar-refractivity contribution in [1.82, 2.24) is 9.88 Å². The Hall–Kier alpha value is -1.23. The van der Waals surface area contributed by atoms with Gasteiger partial charge in [-0.15, -0.1) is 0 Å². The lowest BCUT2D eigenvalue weighted by Crippen LogP contribution is -2.40. The van der Waals surface area contributed by atoms with Crippen molar-refractivity contribution in [2.45, 2.75) is 38.7 Å². The lowest BCUT2D eigenvalue weighted by molar-refractivity contribution is 0.0357. The highest BCUT2D eigenvalue weighted by atomic mass is 35.5. The Labute approximate surface area is 151 Å². The number of rotatable bonds is 3. The number of aromatic amines is 1. The van der Waals surface area contributed by atoms with Crippen LogP contribution in [0.4, 0.5) is 0 Å². The SMILES string of the molecule is CC(C)(O)CC1CCN(C(=O)c2cc3cc(Cl)c(Cl)cc3[nH]2)CC1. The van der Waals surface area contributed by atoms with Crippen LogP contribution in [0.25, 0.3) is 10.9 Å². The average molecular weight is 369 g/mol. The number of likely N-dealkylation sites (tertiary alicyclic amines) is 1.